The molecule has 0 aliphatic heterocycles. The number of nitrogens with zero attached hydrogens (tertiary/aromatic N) is 2. The molecule has 0 saturated heterocycles. The average Bonchev–Trinajstić information content (AvgIpc) is 3.30. The molecule has 1 N–H and O–H groups in total. The van der Waals surface area contributed by atoms with Crippen LogP contribution in [0.5, 0.6) is 5.75 Å². The Bertz CT molecular complexity index is 1240. The number of phenols is 1. The SMILES string of the molecule is Cc1cc2c(CCc3sc(-c4ccccc4C(F)(F)F)nc3C(C)C)noc2cc1O. The highest BCUT2D eigenvalue weighted by Crippen LogP contribution is 2.40. The van der Waals surface area contributed by atoms with Crippen molar-refractivity contribution in [3.05, 3.63) is 63.8 Å². The van der Waals surface area contributed by atoms with Crippen LogP contribution in [0.15, 0.2) is 40.9 Å². The summed E-state index contributed by atoms with van der Waals surface area (Å²) in [4.78, 5) is 5.52. The Balaban J connectivity index is 1.68. The van der Waals surface area contributed by atoms with Crippen LogP contribution in [-0.2, 0) is 19.0 Å². The van der Waals surface area contributed by atoms with Crippen LogP contribution >= 0.6 is 11.3 Å². The predicted molar refractivity (Wildman–Crippen MR) is 114 cm³/mol. The molecular weight excluding hydrogens is 425 g/mol. The first-order chi connectivity index (χ1) is 14.6. The second-order valence-corrected chi connectivity index (χ2v) is 8.87. The van der Waals surface area contributed by atoms with Gasteiger partial charge in [0.25, 0.3) is 0 Å². The van der Waals surface area contributed by atoms with Crippen molar-refractivity contribution < 1.29 is 22.8 Å². The average molecular weight is 446 g/mol. The lowest BCUT2D eigenvalue weighted by Crippen LogP contribution is -2.06. The van der Waals surface area contributed by atoms with Gasteiger partial charge in [0.2, 0.25) is 0 Å². The quantitative estimate of drug-likeness (QED) is 0.363. The van der Waals surface area contributed by atoms with Gasteiger partial charge in [0, 0.05) is 21.9 Å². The summed E-state index contributed by atoms with van der Waals surface area (Å²) in [6, 6.07) is 8.91. The molecule has 4 rings (SSSR count). The Morgan fingerprint density at radius 2 is 1.87 bits per heavy atom. The van der Waals surface area contributed by atoms with E-state index in [2.05, 4.69) is 10.1 Å². The third-order valence-corrected chi connectivity index (χ3v) is 6.35. The molecular formula is C23H21F3N2O2S. The molecule has 2 heterocycles. The fourth-order valence-electron chi connectivity index (χ4n) is 3.57. The maximum Gasteiger partial charge on any atom is 0.417 e. The number of phenolic OH excluding ortho intramolecular Hbond substituents is 1. The molecule has 2 aromatic carbocycles. The lowest BCUT2D eigenvalue weighted by atomic mass is 10.0. The zero-order valence-corrected chi connectivity index (χ0v) is 18.1. The van der Waals surface area contributed by atoms with Crippen LogP contribution in [0.1, 0.15) is 47.2 Å². The number of alkyl halides is 3. The molecule has 0 amide bonds. The molecule has 31 heavy (non-hydrogen) atoms. The number of thiazole rings is 1. The van der Waals surface area contributed by atoms with Gasteiger partial charge in [-0.3, -0.25) is 0 Å². The lowest BCUT2D eigenvalue weighted by Gasteiger charge is -2.10. The monoisotopic (exact) mass is 446 g/mol. The van der Waals surface area contributed by atoms with E-state index in [4.69, 9.17) is 4.52 Å². The van der Waals surface area contributed by atoms with Gasteiger partial charge in [-0.05, 0) is 43.4 Å². The summed E-state index contributed by atoms with van der Waals surface area (Å²) in [5, 5.41) is 15.2. The predicted octanol–water partition coefficient (Wildman–Crippen LogP) is 6.89. The van der Waals surface area contributed by atoms with Crippen molar-refractivity contribution in [2.75, 3.05) is 0 Å². The number of halogens is 3. The van der Waals surface area contributed by atoms with Crippen LogP contribution < -0.4 is 0 Å². The van der Waals surface area contributed by atoms with E-state index in [9.17, 15) is 18.3 Å². The molecule has 0 fully saturated rings. The van der Waals surface area contributed by atoms with Gasteiger partial charge < -0.3 is 9.63 Å². The fraction of sp³-hybridized carbons (Fsp3) is 0.304. The summed E-state index contributed by atoms with van der Waals surface area (Å²) >= 11 is 1.29. The number of aryl methyl sites for hydroxylation is 3. The smallest absolute Gasteiger partial charge is 0.417 e. The van der Waals surface area contributed by atoms with E-state index in [0.29, 0.717) is 23.4 Å². The fourth-order valence-corrected chi connectivity index (χ4v) is 4.83. The standard InChI is InChI=1S/C23H21F3N2O2S/c1-12(2)21-20(9-8-17-15-10-13(3)18(29)11-19(15)30-28-17)31-22(27-21)14-6-4-5-7-16(14)23(24,25)26/h4-7,10-12,29H,8-9H2,1-3H3. The highest BCUT2D eigenvalue weighted by Gasteiger charge is 2.34. The van der Waals surface area contributed by atoms with E-state index in [0.717, 1.165) is 33.3 Å². The van der Waals surface area contributed by atoms with Gasteiger partial charge in [0.1, 0.15) is 10.8 Å². The highest BCUT2D eigenvalue weighted by atomic mass is 32.1. The van der Waals surface area contributed by atoms with E-state index in [-0.39, 0.29) is 17.2 Å². The van der Waals surface area contributed by atoms with Crippen LogP contribution in [0.3, 0.4) is 0 Å². The Morgan fingerprint density at radius 3 is 2.58 bits per heavy atom. The molecule has 4 nitrogen and oxygen atoms in total. The molecule has 0 aliphatic rings. The number of benzene rings is 2. The minimum absolute atomic E-state index is 0.0753. The van der Waals surface area contributed by atoms with Crippen molar-refractivity contribution in [1.29, 1.82) is 0 Å². The van der Waals surface area contributed by atoms with Gasteiger partial charge in [0.15, 0.2) is 5.58 Å². The van der Waals surface area contributed by atoms with Crippen LogP contribution in [0.4, 0.5) is 13.2 Å². The number of hydrogen-bond acceptors (Lipinski definition) is 5. The van der Waals surface area contributed by atoms with E-state index < -0.39 is 11.7 Å². The summed E-state index contributed by atoms with van der Waals surface area (Å²) in [7, 11) is 0. The summed E-state index contributed by atoms with van der Waals surface area (Å²) in [6.45, 7) is 5.77. The number of fused-ring (bicyclic) bond motifs is 1. The van der Waals surface area contributed by atoms with Crippen LogP contribution in [0.2, 0.25) is 0 Å². The maximum absolute atomic E-state index is 13.5. The molecule has 0 atom stereocenters. The van der Waals surface area contributed by atoms with Gasteiger partial charge in [-0.1, -0.05) is 37.2 Å². The van der Waals surface area contributed by atoms with Crippen LogP contribution in [0, 0.1) is 6.92 Å². The molecule has 8 heteroatoms. The van der Waals surface area contributed by atoms with E-state index in [1.165, 1.54) is 23.5 Å². The van der Waals surface area contributed by atoms with Crippen molar-refractivity contribution in [3.8, 4) is 16.3 Å². The molecule has 162 valence electrons. The van der Waals surface area contributed by atoms with Crippen LogP contribution in [-0.4, -0.2) is 15.2 Å². The number of rotatable bonds is 5. The second kappa shape index (κ2) is 8.00. The molecule has 2 aromatic heterocycles. The van der Waals surface area contributed by atoms with E-state index in [1.54, 1.807) is 19.1 Å². The zero-order valence-electron chi connectivity index (χ0n) is 17.2. The molecule has 0 saturated carbocycles. The largest absolute Gasteiger partial charge is 0.508 e. The van der Waals surface area contributed by atoms with Crippen molar-refractivity contribution in [3.63, 3.8) is 0 Å². The van der Waals surface area contributed by atoms with Crippen molar-refractivity contribution >= 4 is 22.3 Å². The highest BCUT2D eigenvalue weighted by molar-refractivity contribution is 7.15. The second-order valence-electron chi connectivity index (χ2n) is 7.79. The molecule has 4 aromatic rings. The summed E-state index contributed by atoms with van der Waals surface area (Å²) in [6.07, 6.45) is -3.30. The van der Waals surface area contributed by atoms with Crippen molar-refractivity contribution in [2.45, 2.75) is 45.7 Å². The number of aromatic nitrogens is 2. The summed E-state index contributed by atoms with van der Waals surface area (Å²) in [5.41, 5.74) is 2.21. The van der Waals surface area contributed by atoms with Gasteiger partial charge in [-0.25, -0.2) is 4.98 Å². The first kappa shape index (κ1) is 21.4. The Hall–Kier alpha value is -2.87. The van der Waals surface area contributed by atoms with Gasteiger partial charge in [0.05, 0.1) is 17.0 Å². The van der Waals surface area contributed by atoms with Gasteiger partial charge >= 0.3 is 6.18 Å². The number of aromatic hydroxyl groups is 1. The third-order valence-electron chi connectivity index (χ3n) is 5.19. The van der Waals surface area contributed by atoms with Crippen molar-refractivity contribution in [1.82, 2.24) is 10.1 Å². The molecule has 0 unspecified atom stereocenters. The summed E-state index contributed by atoms with van der Waals surface area (Å²) in [5.74, 6) is 0.221. The Morgan fingerprint density at radius 1 is 1.13 bits per heavy atom. The van der Waals surface area contributed by atoms with Crippen molar-refractivity contribution in [2.24, 2.45) is 0 Å². The van der Waals surface area contributed by atoms with Crippen LogP contribution in [0.25, 0.3) is 21.5 Å². The number of hydrogen-bond donors (Lipinski definition) is 1. The molecule has 0 spiro atoms. The molecule has 0 aliphatic carbocycles. The Kier molecular flexibility index (Phi) is 5.51. The van der Waals surface area contributed by atoms with E-state index in [1.807, 2.05) is 19.9 Å². The molecule has 0 bridgehead atoms. The first-order valence-corrected chi connectivity index (χ1v) is 10.7. The minimum atomic E-state index is -4.44. The Labute approximate surface area is 181 Å². The van der Waals surface area contributed by atoms with Gasteiger partial charge in [-0.15, -0.1) is 11.3 Å². The normalized spacial score (nSPS) is 12.2. The minimum Gasteiger partial charge on any atom is -0.508 e. The topological polar surface area (TPSA) is 59.2 Å². The third kappa shape index (κ3) is 4.17. The lowest BCUT2D eigenvalue weighted by molar-refractivity contribution is -0.137. The maximum atomic E-state index is 13.5. The molecule has 0 radical (unpaired) electrons. The first-order valence-electron chi connectivity index (χ1n) is 9.89. The summed E-state index contributed by atoms with van der Waals surface area (Å²) < 4.78 is 45.8. The van der Waals surface area contributed by atoms with Gasteiger partial charge in [-0.2, -0.15) is 13.2 Å². The van der Waals surface area contributed by atoms with E-state index >= 15 is 0 Å². The zero-order chi connectivity index (χ0) is 22.3.